The van der Waals surface area contributed by atoms with Crippen LogP contribution in [0.25, 0.3) is 0 Å². The fourth-order valence-corrected chi connectivity index (χ4v) is 3.86. The molecule has 7 heteroatoms. The molecule has 0 bridgehead atoms. The Labute approximate surface area is 157 Å². The molecule has 0 saturated heterocycles. The highest BCUT2D eigenvalue weighted by molar-refractivity contribution is 8.00. The van der Waals surface area contributed by atoms with E-state index in [4.69, 9.17) is 0 Å². The van der Waals surface area contributed by atoms with Gasteiger partial charge in [0.1, 0.15) is 0 Å². The van der Waals surface area contributed by atoms with Crippen LogP contribution in [0.2, 0.25) is 0 Å². The number of carbonyl (C=O) groups is 2. The third kappa shape index (κ3) is 3.39. The van der Waals surface area contributed by atoms with E-state index in [9.17, 15) is 9.59 Å². The van der Waals surface area contributed by atoms with E-state index in [0.29, 0.717) is 12.3 Å². The van der Waals surface area contributed by atoms with E-state index >= 15 is 0 Å². The van der Waals surface area contributed by atoms with E-state index < -0.39 is 0 Å². The average Bonchev–Trinajstić information content (AvgIpc) is 2.91. The Hall–Kier alpha value is -2.54. The maximum absolute atomic E-state index is 12.5. The third-order valence-electron chi connectivity index (χ3n) is 4.50. The topological polar surface area (TPSA) is 67.2 Å². The highest BCUT2D eigenvalue weighted by Crippen LogP contribution is 2.35. The summed E-state index contributed by atoms with van der Waals surface area (Å²) >= 11 is 1.50. The number of carbonyl (C=O) groups excluding carboxylic acids is 2. The van der Waals surface area contributed by atoms with Crippen LogP contribution in [0.3, 0.4) is 0 Å². The van der Waals surface area contributed by atoms with Gasteiger partial charge >= 0.3 is 0 Å². The molecule has 1 aliphatic heterocycles. The third-order valence-corrected chi connectivity index (χ3v) is 5.57. The zero-order valence-electron chi connectivity index (χ0n) is 15.2. The Morgan fingerprint density at radius 1 is 1.46 bits per heavy atom. The van der Waals surface area contributed by atoms with Gasteiger partial charge in [-0.2, -0.15) is 5.10 Å². The summed E-state index contributed by atoms with van der Waals surface area (Å²) in [6, 6.07) is 5.68. The molecule has 0 unspecified atom stereocenters. The summed E-state index contributed by atoms with van der Waals surface area (Å²) in [4.78, 5) is 26.9. The summed E-state index contributed by atoms with van der Waals surface area (Å²) in [5.41, 5.74) is 4.45. The van der Waals surface area contributed by atoms with Gasteiger partial charge < -0.3 is 10.2 Å². The minimum absolute atomic E-state index is 0.0304. The summed E-state index contributed by atoms with van der Waals surface area (Å²) in [6.45, 7) is 10.8. The smallest absolute Gasteiger partial charge is 0.250 e. The highest BCUT2D eigenvalue weighted by Gasteiger charge is 2.22. The van der Waals surface area contributed by atoms with Crippen molar-refractivity contribution in [2.75, 3.05) is 16.0 Å². The standard InChI is InChI=1S/C19H22N4O2S/c1-5-19(25)22(10-15-12(3)21-23(6-2)13(15)4)14-7-8-17-16(9-14)20-18(24)11-26-17/h5,7-9H,1,6,10-11H2,2-4H3,(H,20,24). The average molecular weight is 370 g/mol. The fourth-order valence-electron chi connectivity index (χ4n) is 3.07. The molecule has 0 atom stereocenters. The van der Waals surface area contributed by atoms with E-state index in [1.165, 1.54) is 17.8 Å². The first-order valence-electron chi connectivity index (χ1n) is 8.48. The zero-order valence-corrected chi connectivity index (χ0v) is 16.0. The largest absolute Gasteiger partial charge is 0.324 e. The molecule has 136 valence electrons. The normalized spacial score (nSPS) is 13.1. The van der Waals surface area contributed by atoms with Gasteiger partial charge in [-0.3, -0.25) is 14.3 Å². The van der Waals surface area contributed by atoms with Gasteiger partial charge in [0.05, 0.1) is 23.7 Å². The van der Waals surface area contributed by atoms with Crippen LogP contribution < -0.4 is 10.2 Å². The summed E-state index contributed by atoms with van der Waals surface area (Å²) in [5.74, 6) is 0.191. The minimum atomic E-state index is -0.192. The first-order chi connectivity index (χ1) is 12.4. The fraction of sp³-hybridized carbons (Fsp3) is 0.316. The number of hydrogen-bond donors (Lipinski definition) is 1. The molecule has 0 aliphatic carbocycles. The van der Waals surface area contributed by atoms with Gasteiger partial charge in [-0.15, -0.1) is 11.8 Å². The van der Waals surface area contributed by atoms with Crippen molar-refractivity contribution in [2.45, 2.75) is 38.8 Å². The molecule has 2 heterocycles. The molecule has 0 fully saturated rings. The van der Waals surface area contributed by atoms with Crippen LogP contribution in [-0.2, 0) is 22.7 Å². The molecule has 1 aromatic heterocycles. The number of amides is 2. The van der Waals surface area contributed by atoms with Gasteiger partial charge in [-0.05, 0) is 45.0 Å². The first-order valence-corrected chi connectivity index (χ1v) is 9.46. The van der Waals surface area contributed by atoms with Crippen molar-refractivity contribution in [1.29, 1.82) is 0 Å². The van der Waals surface area contributed by atoms with Gasteiger partial charge in [-0.1, -0.05) is 6.58 Å². The van der Waals surface area contributed by atoms with Crippen LogP contribution in [0, 0.1) is 13.8 Å². The number of nitrogens with zero attached hydrogens (tertiary/aromatic N) is 3. The molecule has 1 N–H and O–H groups in total. The Kier molecular flexibility index (Phi) is 5.18. The number of anilines is 2. The number of fused-ring (bicyclic) bond motifs is 1. The highest BCUT2D eigenvalue weighted by atomic mass is 32.2. The molecule has 26 heavy (non-hydrogen) atoms. The molecular formula is C19H22N4O2S. The van der Waals surface area contributed by atoms with Crippen LogP contribution >= 0.6 is 11.8 Å². The molecule has 6 nitrogen and oxygen atoms in total. The zero-order chi connectivity index (χ0) is 18.8. The molecular weight excluding hydrogens is 348 g/mol. The van der Waals surface area contributed by atoms with Crippen molar-refractivity contribution >= 4 is 35.0 Å². The number of nitrogens with one attached hydrogen (secondary N) is 1. The SMILES string of the molecule is C=CC(=O)N(Cc1c(C)nn(CC)c1C)c1ccc2c(c1)NC(=O)CS2. The van der Waals surface area contributed by atoms with Crippen LogP contribution in [0.5, 0.6) is 0 Å². The van der Waals surface area contributed by atoms with Crippen molar-refractivity contribution < 1.29 is 9.59 Å². The molecule has 0 saturated carbocycles. The maximum Gasteiger partial charge on any atom is 0.250 e. The number of hydrogen-bond acceptors (Lipinski definition) is 4. The van der Waals surface area contributed by atoms with Crippen LogP contribution in [0.1, 0.15) is 23.9 Å². The second-order valence-electron chi connectivity index (χ2n) is 6.11. The van der Waals surface area contributed by atoms with Crippen molar-refractivity contribution in [1.82, 2.24) is 9.78 Å². The van der Waals surface area contributed by atoms with Crippen molar-refractivity contribution in [2.24, 2.45) is 0 Å². The predicted molar refractivity (Wildman–Crippen MR) is 105 cm³/mol. The summed E-state index contributed by atoms with van der Waals surface area (Å²) < 4.78 is 1.94. The second-order valence-corrected chi connectivity index (χ2v) is 7.13. The lowest BCUT2D eigenvalue weighted by atomic mass is 10.1. The summed E-state index contributed by atoms with van der Waals surface area (Å²) in [6.07, 6.45) is 1.31. The molecule has 0 spiro atoms. The van der Waals surface area contributed by atoms with E-state index in [-0.39, 0.29) is 11.8 Å². The van der Waals surface area contributed by atoms with Gasteiger partial charge in [0.25, 0.3) is 5.91 Å². The van der Waals surface area contributed by atoms with Crippen molar-refractivity contribution in [3.63, 3.8) is 0 Å². The number of benzene rings is 1. The molecule has 3 rings (SSSR count). The molecule has 2 aromatic rings. The first kappa shape index (κ1) is 18.3. The number of aryl methyl sites for hydroxylation is 2. The Morgan fingerprint density at radius 3 is 2.88 bits per heavy atom. The molecule has 1 aromatic carbocycles. The van der Waals surface area contributed by atoms with Crippen LogP contribution in [0.4, 0.5) is 11.4 Å². The van der Waals surface area contributed by atoms with E-state index in [1.54, 1.807) is 4.90 Å². The second kappa shape index (κ2) is 7.37. The molecule has 1 aliphatic rings. The Bertz CT molecular complexity index is 888. The summed E-state index contributed by atoms with van der Waals surface area (Å²) in [5, 5.41) is 7.41. The van der Waals surface area contributed by atoms with E-state index in [0.717, 1.165) is 39.8 Å². The lowest BCUT2D eigenvalue weighted by Crippen LogP contribution is -2.29. The number of thioether (sulfide) groups is 1. The minimum Gasteiger partial charge on any atom is -0.324 e. The monoisotopic (exact) mass is 370 g/mol. The number of aromatic nitrogens is 2. The van der Waals surface area contributed by atoms with Gasteiger partial charge in [-0.25, -0.2) is 0 Å². The molecule has 0 radical (unpaired) electrons. The quantitative estimate of drug-likeness (QED) is 0.820. The molecule has 2 amide bonds. The summed E-state index contributed by atoms with van der Waals surface area (Å²) in [7, 11) is 0. The van der Waals surface area contributed by atoms with E-state index in [1.807, 2.05) is 43.7 Å². The van der Waals surface area contributed by atoms with Gasteiger partial charge in [0.2, 0.25) is 5.91 Å². The lowest BCUT2D eigenvalue weighted by Gasteiger charge is -2.24. The van der Waals surface area contributed by atoms with Gasteiger partial charge in [0, 0.05) is 28.4 Å². The van der Waals surface area contributed by atoms with Crippen LogP contribution in [0.15, 0.2) is 35.7 Å². The Morgan fingerprint density at radius 2 is 2.23 bits per heavy atom. The Balaban J connectivity index is 1.99. The predicted octanol–water partition coefficient (Wildman–Crippen LogP) is 3.28. The van der Waals surface area contributed by atoms with Crippen LogP contribution in [-0.4, -0.2) is 27.3 Å². The van der Waals surface area contributed by atoms with Crippen molar-refractivity contribution in [3.8, 4) is 0 Å². The van der Waals surface area contributed by atoms with E-state index in [2.05, 4.69) is 17.0 Å². The van der Waals surface area contributed by atoms with Gasteiger partial charge in [0.15, 0.2) is 0 Å². The van der Waals surface area contributed by atoms with Crippen molar-refractivity contribution in [3.05, 3.63) is 47.8 Å². The maximum atomic E-state index is 12.5. The number of rotatable bonds is 5. The lowest BCUT2D eigenvalue weighted by molar-refractivity contribution is -0.114.